The van der Waals surface area contributed by atoms with Gasteiger partial charge in [0.2, 0.25) is 0 Å². The smallest absolute Gasteiger partial charge is 0.188 e. The topological polar surface area (TPSA) is 57.2 Å². The molecule has 4 rings (SSSR count). The van der Waals surface area contributed by atoms with E-state index in [1.165, 1.54) is 30.4 Å². The van der Waals surface area contributed by atoms with Gasteiger partial charge in [-0.2, -0.15) is 0 Å². The molecule has 5 heteroatoms. The zero-order chi connectivity index (χ0) is 19.0. The summed E-state index contributed by atoms with van der Waals surface area (Å²) in [6.07, 6.45) is 7.28. The van der Waals surface area contributed by atoms with Crippen LogP contribution in [-0.2, 0) is 20.6 Å². The monoisotopic (exact) mass is 376 g/mol. The van der Waals surface area contributed by atoms with E-state index in [9.17, 15) is 5.11 Å². The molecule has 0 radical (unpaired) electrons. The molecule has 27 heavy (non-hydrogen) atoms. The van der Waals surface area contributed by atoms with Crippen LogP contribution in [0.3, 0.4) is 0 Å². The van der Waals surface area contributed by atoms with Gasteiger partial charge in [0.15, 0.2) is 18.3 Å². The number of phenolic OH excluding ortho intramolecular Hbond substituents is 1. The Kier molecular flexibility index (Phi) is 5.36. The summed E-state index contributed by atoms with van der Waals surface area (Å²) >= 11 is 0. The largest absolute Gasteiger partial charge is 0.504 e. The number of hydrogen-bond acceptors (Lipinski definition) is 5. The lowest BCUT2D eigenvalue weighted by Gasteiger charge is -2.50. The molecule has 0 saturated heterocycles. The Morgan fingerprint density at radius 3 is 2.67 bits per heavy atom. The quantitative estimate of drug-likeness (QED) is 0.754. The second kappa shape index (κ2) is 7.61. The third-order valence-electron chi connectivity index (χ3n) is 7.44. The molecule has 3 aliphatic carbocycles. The van der Waals surface area contributed by atoms with E-state index in [-0.39, 0.29) is 18.0 Å². The van der Waals surface area contributed by atoms with Crippen LogP contribution in [0.1, 0.15) is 56.1 Å². The second-order valence-electron chi connectivity index (χ2n) is 8.67. The number of benzene rings is 1. The Hall–Kier alpha value is -1.30. The number of ether oxygens (including phenoxy) is 4. The van der Waals surface area contributed by atoms with Crippen molar-refractivity contribution in [3.8, 4) is 11.5 Å². The molecule has 1 N–H and O–H groups in total. The number of aryl methyl sites for hydroxylation is 1. The predicted molar refractivity (Wildman–Crippen MR) is 102 cm³/mol. The first-order chi connectivity index (χ1) is 13.1. The van der Waals surface area contributed by atoms with Crippen LogP contribution in [0.4, 0.5) is 0 Å². The lowest BCUT2D eigenvalue weighted by molar-refractivity contribution is -0.125. The van der Waals surface area contributed by atoms with Crippen molar-refractivity contribution in [1.29, 1.82) is 0 Å². The van der Waals surface area contributed by atoms with Crippen molar-refractivity contribution in [3.63, 3.8) is 0 Å². The van der Waals surface area contributed by atoms with E-state index in [1.807, 2.05) is 12.1 Å². The minimum atomic E-state index is 0.154. The van der Waals surface area contributed by atoms with Gasteiger partial charge in [0.25, 0.3) is 0 Å². The highest BCUT2D eigenvalue weighted by molar-refractivity contribution is 5.49. The molecule has 5 unspecified atom stereocenters. The van der Waals surface area contributed by atoms with Gasteiger partial charge >= 0.3 is 0 Å². The zero-order valence-electron chi connectivity index (χ0n) is 16.7. The summed E-state index contributed by atoms with van der Waals surface area (Å²) in [4.78, 5) is 0. The van der Waals surface area contributed by atoms with Crippen molar-refractivity contribution >= 4 is 0 Å². The van der Waals surface area contributed by atoms with Gasteiger partial charge in [-0.1, -0.05) is 6.92 Å². The van der Waals surface area contributed by atoms with E-state index in [4.69, 9.17) is 18.9 Å². The summed E-state index contributed by atoms with van der Waals surface area (Å²) in [6, 6.07) is 3.97. The Balaban J connectivity index is 1.57. The SMILES string of the molecule is COCOc1cc2c(cc1O)C1CCC3(C)C(OCOC)CCC3C1CC2. The highest BCUT2D eigenvalue weighted by Crippen LogP contribution is 2.61. The van der Waals surface area contributed by atoms with Gasteiger partial charge in [-0.15, -0.1) is 0 Å². The molecule has 0 spiro atoms. The van der Waals surface area contributed by atoms with Crippen molar-refractivity contribution in [2.24, 2.45) is 17.3 Å². The van der Waals surface area contributed by atoms with Gasteiger partial charge in [-0.3, -0.25) is 0 Å². The molecule has 0 heterocycles. The van der Waals surface area contributed by atoms with E-state index in [1.54, 1.807) is 14.2 Å². The highest BCUT2D eigenvalue weighted by Gasteiger charge is 2.55. The van der Waals surface area contributed by atoms with Crippen LogP contribution < -0.4 is 4.74 Å². The van der Waals surface area contributed by atoms with Gasteiger partial charge < -0.3 is 24.1 Å². The molecule has 1 aromatic rings. The fraction of sp³-hybridized carbons (Fsp3) is 0.727. The van der Waals surface area contributed by atoms with E-state index < -0.39 is 0 Å². The summed E-state index contributed by atoms with van der Waals surface area (Å²) in [5, 5.41) is 10.4. The maximum Gasteiger partial charge on any atom is 0.188 e. The standard InChI is InChI=1S/C22H32O5/c1-22-9-8-15-16(18(22)6-7-21(22)27-13-25-3)5-4-14-10-20(26-12-24-2)19(23)11-17(14)15/h10-11,15-16,18,21,23H,4-9,12-13H2,1-3H3. The minimum Gasteiger partial charge on any atom is -0.504 e. The third-order valence-corrected chi connectivity index (χ3v) is 7.44. The van der Waals surface area contributed by atoms with Crippen molar-refractivity contribution in [1.82, 2.24) is 0 Å². The van der Waals surface area contributed by atoms with Crippen LogP contribution in [0.15, 0.2) is 12.1 Å². The van der Waals surface area contributed by atoms with Crippen LogP contribution in [0.2, 0.25) is 0 Å². The fourth-order valence-corrected chi connectivity index (χ4v) is 6.20. The Morgan fingerprint density at radius 2 is 1.89 bits per heavy atom. The normalized spacial score (nSPS) is 34.6. The van der Waals surface area contributed by atoms with Gasteiger partial charge in [-0.05, 0) is 85.0 Å². The van der Waals surface area contributed by atoms with Crippen molar-refractivity contribution in [3.05, 3.63) is 23.3 Å². The van der Waals surface area contributed by atoms with Gasteiger partial charge in [0.05, 0.1) is 6.10 Å². The second-order valence-corrected chi connectivity index (χ2v) is 8.67. The number of hydrogen-bond donors (Lipinski definition) is 1. The molecule has 1 aromatic carbocycles. The third kappa shape index (κ3) is 3.24. The Bertz CT molecular complexity index is 675. The van der Waals surface area contributed by atoms with Crippen LogP contribution >= 0.6 is 0 Å². The lowest BCUT2D eigenvalue weighted by Crippen LogP contribution is -2.44. The van der Waals surface area contributed by atoms with Gasteiger partial charge in [-0.25, -0.2) is 0 Å². The number of phenols is 1. The molecule has 3 aliphatic rings. The van der Waals surface area contributed by atoms with Crippen LogP contribution in [-0.4, -0.2) is 39.0 Å². The molecule has 0 bridgehead atoms. The fourth-order valence-electron chi connectivity index (χ4n) is 6.20. The highest BCUT2D eigenvalue weighted by atomic mass is 16.7. The van der Waals surface area contributed by atoms with Crippen LogP contribution in [0.25, 0.3) is 0 Å². The summed E-state index contributed by atoms with van der Waals surface area (Å²) in [5.41, 5.74) is 2.91. The van der Waals surface area contributed by atoms with Gasteiger partial charge in [0.1, 0.15) is 6.79 Å². The summed E-state index contributed by atoms with van der Waals surface area (Å²) in [7, 11) is 3.28. The predicted octanol–water partition coefficient (Wildman–Crippen LogP) is 4.22. The summed E-state index contributed by atoms with van der Waals surface area (Å²) in [5.74, 6) is 2.67. The van der Waals surface area contributed by atoms with E-state index in [0.29, 0.717) is 36.4 Å². The molecule has 2 fully saturated rings. The molecule has 0 aromatic heterocycles. The maximum atomic E-state index is 10.4. The van der Waals surface area contributed by atoms with Crippen LogP contribution in [0, 0.1) is 17.3 Å². The number of aromatic hydroxyl groups is 1. The molecule has 2 saturated carbocycles. The molecule has 0 aliphatic heterocycles. The minimum absolute atomic E-state index is 0.154. The first-order valence-corrected chi connectivity index (χ1v) is 10.2. The van der Waals surface area contributed by atoms with Crippen molar-refractivity contribution in [2.75, 3.05) is 27.8 Å². The summed E-state index contributed by atoms with van der Waals surface area (Å²) < 4.78 is 21.7. The first kappa shape index (κ1) is 19.0. The maximum absolute atomic E-state index is 10.4. The molecule has 5 atom stereocenters. The number of rotatable bonds is 6. The van der Waals surface area contributed by atoms with E-state index in [2.05, 4.69) is 6.92 Å². The average molecular weight is 376 g/mol. The van der Waals surface area contributed by atoms with Gasteiger partial charge in [0, 0.05) is 14.2 Å². The zero-order valence-corrected chi connectivity index (χ0v) is 16.7. The molecule has 0 amide bonds. The van der Waals surface area contributed by atoms with Crippen molar-refractivity contribution < 1.29 is 24.1 Å². The Labute approximate surface area is 162 Å². The average Bonchev–Trinajstić information content (AvgIpc) is 3.01. The molecular weight excluding hydrogens is 344 g/mol. The molecule has 150 valence electrons. The number of fused-ring (bicyclic) bond motifs is 5. The lowest BCUT2D eigenvalue weighted by atomic mass is 9.55. The molecule has 5 nitrogen and oxygen atoms in total. The molecular formula is C22H32O5. The van der Waals surface area contributed by atoms with E-state index >= 15 is 0 Å². The summed E-state index contributed by atoms with van der Waals surface area (Å²) in [6.45, 7) is 2.97. The Morgan fingerprint density at radius 1 is 1.07 bits per heavy atom. The first-order valence-electron chi connectivity index (χ1n) is 10.2. The number of methoxy groups -OCH3 is 2. The van der Waals surface area contributed by atoms with Crippen LogP contribution in [0.5, 0.6) is 11.5 Å². The van der Waals surface area contributed by atoms with Crippen molar-refractivity contribution in [2.45, 2.75) is 57.5 Å². The van der Waals surface area contributed by atoms with E-state index in [0.717, 1.165) is 19.3 Å².